The molecule has 8 heteroatoms. The summed E-state index contributed by atoms with van der Waals surface area (Å²) in [5, 5.41) is 0. The van der Waals surface area contributed by atoms with E-state index in [0.717, 1.165) is 47.6 Å². The highest BCUT2D eigenvalue weighted by atomic mass is 32.2. The Morgan fingerprint density at radius 2 is 1.28 bits per heavy atom. The normalized spacial score (nSPS) is 11.4. The van der Waals surface area contributed by atoms with Gasteiger partial charge < -0.3 is 4.74 Å². The Morgan fingerprint density at radius 1 is 0.694 bits per heavy atom. The molecule has 4 aromatic rings. The Kier molecular flexibility index (Phi) is 8.76. The van der Waals surface area contributed by atoms with Crippen molar-refractivity contribution >= 4 is 10.1 Å². The molecule has 0 aliphatic carbocycles. The van der Waals surface area contributed by atoms with Crippen molar-refractivity contribution in [2.75, 3.05) is 13.2 Å². The minimum atomic E-state index is -3.71. The highest BCUT2D eigenvalue weighted by Gasteiger charge is 2.14. The third kappa shape index (κ3) is 7.19. The molecule has 4 rings (SSSR count). The van der Waals surface area contributed by atoms with Crippen molar-refractivity contribution in [2.45, 2.75) is 37.5 Å². The minimum absolute atomic E-state index is 0.169. The lowest BCUT2D eigenvalue weighted by molar-refractivity contribution is 0.289. The van der Waals surface area contributed by atoms with Gasteiger partial charge in [-0.25, -0.2) is 4.98 Å². The molecule has 0 spiro atoms. The highest BCUT2D eigenvalue weighted by molar-refractivity contribution is 7.86. The Labute approximate surface area is 212 Å². The predicted octanol–water partition coefficient (Wildman–Crippen LogP) is 5.86. The number of nitrogens with zero attached hydrogens (tertiary/aromatic N) is 3. The van der Waals surface area contributed by atoms with Gasteiger partial charge in [-0.2, -0.15) is 8.42 Å². The van der Waals surface area contributed by atoms with Crippen molar-refractivity contribution in [1.82, 2.24) is 15.0 Å². The average Bonchev–Trinajstić information content (AvgIpc) is 2.91. The maximum Gasteiger partial charge on any atom is 0.296 e. The lowest BCUT2D eigenvalue weighted by Crippen LogP contribution is -2.07. The zero-order valence-electron chi connectivity index (χ0n) is 20.2. The molecule has 0 radical (unpaired) electrons. The van der Waals surface area contributed by atoms with Crippen LogP contribution in [0.4, 0.5) is 0 Å². The molecule has 0 aliphatic rings. The quantitative estimate of drug-likeness (QED) is 0.177. The molecule has 3 heterocycles. The van der Waals surface area contributed by atoms with E-state index < -0.39 is 10.1 Å². The molecule has 186 valence electrons. The maximum atomic E-state index is 12.2. The Bertz CT molecular complexity index is 1290. The number of aryl methyl sites for hydroxylation is 1. The summed E-state index contributed by atoms with van der Waals surface area (Å²) in [6, 6.07) is 21.8. The van der Waals surface area contributed by atoms with Gasteiger partial charge in [-0.1, -0.05) is 36.2 Å². The van der Waals surface area contributed by atoms with Gasteiger partial charge in [-0.05, 0) is 62.6 Å². The molecule has 0 saturated carbocycles. The van der Waals surface area contributed by atoms with E-state index >= 15 is 0 Å². The molecular formula is C28H29N3O4S. The van der Waals surface area contributed by atoms with Crippen LogP contribution in [-0.4, -0.2) is 36.6 Å². The molecule has 7 nitrogen and oxygen atoms in total. The molecule has 0 bridgehead atoms. The molecule has 0 saturated heterocycles. The van der Waals surface area contributed by atoms with E-state index in [2.05, 4.69) is 9.97 Å². The van der Waals surface area contributed by atoms with E-state index in [1.807, 2.05) is 55.5 Å². The van der Waals surface area contributed by atoms with E-state index in [1.165, 1.54) is 0 Å². The van der Waals surface area contributed by atoms with E-state index in [4.69, 9.17) is 13.9 Å². The van der Waals surface area contributed by atoms with Crippen LogP contribution >= 0.6 is 0 Å². The standard InChI is InChI=1S/C28H29N3O4S/c1-22-12-14-24(15-13-22)36(32,33)35-19-9-3-2-8-18-34-23-20-27(25-10-4-6-16-29-25)31-28(21-23)26-11-5-7-17-30-26/h4-7,10-17,20-21H,2-3,8-9,18-19H2,1H3. The first-order valence-electron chi connectivity index (χ1n) is 11.9. The predicted molar refractivity (Wildman–Crippen MR) is 139 cm³/mol. The number of hydrogen-bond acceptors (Lipinski definition) is 7. The molecule has 0 aliphatic heterocycles. The Hall–Kier alpha value is -3.62. The van der Waals surface area contributed by atoms with Crippen LogP contribution < -0.4 is 4.74 Å². The number of ether oxygens (including phenoxy) is 1. The first-order chi connectivity index (χ1) is 17.5. The number of rotatable bonds is 12. The lowest BCUT2D eigenvalue weighted by Gasteiger charge is -2.11. The lowest BCUT2D eigenvalue weighted by atomic mass is 10.2. The molecule has 0 fully saturated rings. The first-order valence-corrected chi connectivity index (χ1v) is 13.4. The van der Waals surface area contributed by atoms with Gasteiger partial charge in [0.25, 0.3) is 10.1 Å². The van der Waals surface area contributed by atoms with Crippen LogP contribution in [0.1, 0.15) is 31.2 Å². The SMILES string of the molecule is Cc1ccc(S(=O)(=O)OCCCCCCOc2cc(-c3ccccn3)nc(-c3ccccn3)c2)cc1. The van der Waals surface area contributed by atoms with Gasteiger partial charge in [0.1, 0.15) is 5.75 Å². The van der Waals surface area contributed by atoms with Crippen LogP contribution in [-0.2, 0) is 14.3 Å². The monoisotopic (exact) mass is 503 g/mol. The van der Waals surface area contributed by atoms with Crippen LogP contribution in [0.25, 0.3) is 22.8 Å². The number of unbranched alkanes of at least 4 members (excludes halogenated alkanes) is 3. The largest absolute Gasteiger partial charge is 0.493 e. The number of benzene rings is 1. The first kappa shape index (κ1) is 25.5. The van der Waals surface area contributed by atoms with Crippen molar-refractivity contribution in [3.05, 3.63) is 90.8 Å². The summed E-state index contributed by atoms with van der Waals surface area (Å²) in [7, 11) is -3.71. The van der Waals surface area contributed by atoms with Crippen LogP contribution in [0.15, 0.2) is 90.1 Å². The second kappa shape index (κ2) is 12.4. The fourth-order valence-electron chi connectivity index (χ4n) is 3.57. The minimum Gasteiger partial charge on any atom is -0.493 e. The number of aromatic nitrogens is 3. The third-order valence-corrected chi connectivity index (χ3v) is 6.84. The van der Waals surface area contributed by atoms with Crippen molar-refractivity contribution in [3.8, 4) is 28.5 Å². The van der Waals surface area contributed by atoms with Gasteiger partial charge in [0.15, 0.2) is 0 Å². The van der Waals surface area contributed by atoms with Gasteiger partial charge >= 0.3 is 0 Å². The van der Waals surface area contributed by atoms with E-state index in [-0.39, 0.29) is 11.5 Å². The molecule has 36 heavy (non-hydrogen) atoms. The second-order valence-electron chi connectivity index (χ2n) is 8.36. The molecule has 0 unspecified atom stereocenters. The summed E-state index contributed by atoms with van der Waals surface area (Å²) in [6.07, 6.45) is 6.72. The van der Waals surface area contributed by atoms with Crippen molar-refractivity contribution < 1.29 is 17.3 Å². The summed E-state index contributed by atoms with van der Waals surface area (Å²) >= 11 is 0. The second-order valence-corrected chi connectivity index (χ2v) is 9.97. The third-order valence-electron chi connectivity index (χ3n) is 5.51. The Morgan fingerprint density at radius 3 is 1.83 bits per heavy atom. The topological polar surface area (TPSA) is 91.3 Å². The van der Waals surface area contributed by atoms with Crippen molar-refractivity contribution in [1.29, 1.82) is 0 Å². The van der Waals surface area contributed by atoms with Gasteiger partial charge in [-0.15, -0.1) is 0 Å². The zero-order valence-corrected chi connectivity index (χ0v) is 21.0. The van der Waals surface area contributed by atoms with E-state index in [1.54, 1.807) is 36.7 Å². The van der Waals surface area contributed by atoms with Gasteiger partial charge in [0, 0.05) is 24.5 Å². The van der Waals surface area contributed by atoms with Gasteiger partial charge in [0.05, 0.1) is 40.9 Å². The number of pyridine rings is 3. The zero-order chi connectivity index (χ0) is 25.2. The fourth-order valence-corrected chi connectivity index (χ4v) is 4.51. The van der Waals surface area contributed by atoms with Gasteiger partial charge in [-0.3, -0.25) is 14.2 Å². The van der Waals surface area contributed by atoms with Crippen molar-refractivity contribution in [3.63, 3.8) is 0 Å². The average molecular weight is 504 g/mol. The van der Waals surface area contributed by atoms with Crippen LogP contribution in [0.2, 0.25) is 0 Å². The van der Waals surface area contributed by atoms with Gasteiger partial charge in [0.2, 0.25) is 0 Å². The summed E-state index contributed by atoms with van der Waals surface area (Å²) in [6.45, 7) is 2.62. The molecule has 0 amide bonds. The highest BCUT2D eigenvalue weighted by Crippen LogP contribution is 2.26. The van der Waals surface area contributed by atoms with Crippen LogP contribution in [0.3, 0.4) is 0 Å². The number of hydrogen-bond donors (Lipinski definition) is 0. The molecule has 1 aromatic carbocycles. The van der Waals surface area contributed by atoms with E-state index in [9.17, 15) is 8.42 Å². The molecule has 3 aromatic heterocycles. The molecular weight excluding hydrogens is 474 g/mol. The molecule has 0 atom stereocenters. The van der Waals surface area contributed by atoms with Crippen LogP contribution in [0, 0.1) is 6.92 Å². The van der Waals surface area contributed by atoms with E-state index in [0.29, 0.717) is 18.8 Å². The van der Waals surface area contributed by atoms with Crippen LogP contribution in [0.5, 0.6) is 5.75 Å². The fraction of sp³-hybridized carbons (Fsp3) is 0.250. The smallest absolute Gasteiger partial charge is 0.296 e. The summed E-state index contributed by atoms with van der Waals surface area (Å²) in [4.78, 5) is 13.7. The Balaban J connectivity index is 1.26. The molecule has 0 N–H and O–H groups in total. The van der Waals surface area contributed by atoms with Crippen molar-refractivity contribution in [2.24, 2.45) is 0 Å². The summed E-state index contributed by atoms with van der Waals surface area (Å²) in [5.41, 5.74) is 3.98. The summed E-state index contributed by atoms with van der Waals surface area (Å²) < 4.78 is 35.7. The maximum absolute atomic E-state index is 12.2. The summed E-state index contributed by atoms with van der Waals surface area (Å²) in [5.74, 6) is 0.707.